The van der Waals surface area contributed by atoms with Crippen LogP contribution in [0.3, 0.4) is 0 Å². The number of pyridine rings is 1. The zero-order valence-corrected chi connectivity index (χ0v) is 18.1. The molecular weight excluding hydrogens is 398 g/mol. The number of thioether (sulfide) groups is 1. The average Bonchev–Trinajstić information content (AvgIpc) is 2.93. The highest BCUT2D eigenvalue weighted by molar-refractivity contribution is 7.99. The summed E-state index contributed by atoms with van der Waals surface area (Å²) in [5.41, 5.74) is 10.4. The number of nitrogens with two attached hydrogens (primary N) is 1. The van der Waals surface area contributed by atoms with Crippen LogP contribution < -0.4 is 15.8 Å². The number of benzene rings is 1. The Morgan fingerprint density at radius 2 is 2.20 bits per heavy atom. The Kier molecular flexibility index (Phi) is 5.67. The number of anilines is 1. The molecule has 0 radical (unpaired) electrons. The molecule has 0 spiro atoms. The molecule has 8 heteroatoms. The summed E-state index contributed by atoms with van der Waals surface area (Å²) in [5, 5.41) is 8.52. The van der Waals surface area contributed by atoms with E-state index in [0.717, 1.165) is 34.1 Å². The highest BCUT2D eigenvalue weighted by atomic mass is 32.2. The first kappa shape index (κ1) is 20.3. The number of hydrogen-bond donors (Lipinski definition) is 2. The number of rotatable bonds is 5. The van der Waals surface area contributed by atoms with Crippen LogP contribution in [0, 0.1) is 6.92 Å². The maximum atomic E-state index is 11.0. The van der Waals surface area contributed by atoms with Crippen LogP contribution in [-0.4, -0.2) is 39.1 Å². The van der Waals surface area contributed by atoms with Gasteiger partial charge in [-0.25, -0.2) is 0 Å². The Morgan fingerprint density at radius 3 is 2.90 bits per heavy atom. The number of amides is 1. The molecule has 2 atom stereocenters. The molecule has 3 heterocycles. The Balaban J connectivity index is 1.80. The van der Waals surface area contributed by atoms with E-state index in [1.165, 1.54) is 5.56 Å². The molecule has 0 saturated carbocycles. The topological polar surface area (TPSA) is 95.1 Å². The molecule has 3 N–H and O–H groups in total. The van der Waals surface area contributed by atoms with E-state index in [-0.39, 0.29) is 11.9 Å². The van der Waals surface area contributed by atoms with E-state index in [1.807, 2.05) is 53.8 Å². The van der Waals surface area contributed by atoms with E-state index < -0.39 is 5.91 Å². The summed E-state index contributed by atoms with van der Waals surface area (Å²) in [6, 6.07) is 12.1. The molecule has 0 saturated heterocycles. The maximum absolute atomic E-state index is 11.0. The molecule has 4 rings (SSSR count). The van der Waals surface area contributed by atoms with E-state index in [4.69, 9.17) is 15.6 Å². The van der Waals surface area contributed by atoms with Gasteiger partial charge >= 0.3 is 0 Å². The van der Waals surface area contributed by atoms with Crippen molar-refractivity contribution in [1.82, 2.24) is 14.8 Å². The first-order valence-electron chi connectivity index (χ1n) is 9.82. The quantitative estimate of drug-likeness (QED) is 0.654. The smallest absolute Gasteiger partial charge is 0.255 e. The van der Waals surface area contributed by atoms with Crippen LogP contribution >= 0.6 is 11.8 Å². The van der Waals surface area contributed by atoms with Gasteiger partial charge in [-0.15, -0.1) is 11.8 Å². The van der Waals surface area contributed by atoms with Gasteiger partial charge in [0.2, 0.25) is 0 Å². The largest absolute Gasteiger partial charge is 0.484 e. The number of carbonyl (C=O) groups is 1. The fourth-order valence-corrected chi connectivity index (χ4v) is 5.08. The van der Waals surface area contributed by atoms with Gasteiger partial charge in [-0.05, 0) is 49.2 Å². The van der Waals surface area contributed by atoms with Crippen molar-refractivity contribution in [2.75, 3.05) is 17.7 Å². The van der Waals surface area contributed by atoms with E-state index in [2.05, 4.69) is 30.2 Å². The van der Waals surface area contributed by atoms with Gasteiger partial charge in [-0.3, -0.25) is 14.5 Å². The minimum absolute atomic E-state index is 0.0911. The zero-order valence-electron chi connectivity index (χ0n) is 17.3. The van der Waals surface area contributed by atoms with Gasteiger partial charge in [-0.1, -0.05) is 12.1 Å². The molecule has 156 valence electrons. The number of aryl methyl sites for hydroxylation is 2. The van der Waals surface area contributed by atoms with Crippen LogP contribution in [0.25, 0.3) is 11.4 Å². The summed E-state index contributed by atoms with van der Waals surface area (Å²) < 4.78 is 7.39. The number of primary amides is 1. The summed E-state index contributed by atoms with van der Waals surface area (Å²) in [4.78, 5) is 15.6. The van der Waals surface area contributed by atoms with Gasteiger partial charge in [0.05, 0.1) is 10.9 Å². The van der Waals surface area contributed by atoms with Gasteiger partial charge in [0.15, 0.2) is 6.61 Å². The minimum atomic E-state index is -0.490. The Labute approximate surface area is 180 Å². The lowest BCUT2D eigenvalue weighted by molar-refractivity contribution is -0.119. The Bertz CT molecular complexity index is 1070. The molecule has 2 aromatic heterocycles. The summed E-state index contributed by atoms with van der Waals surface area (Å²) in [7, 11) is 1.96. The van der Waals surface area contributed by atoms with Crippen molar-refractivity contribution < 1.29 is 9.53 Å². The molecule has 0 bridgehead atoms. The van der Waals surface area contributed by atoms with Gasteiger partial charge in [-0.2, -0.15) is 5.10 Å². The molecule has 3 aromatic rings. The highest BCUT2D eigenvalue weighted by Gasteiger charge is 2.32. The van der Waals surface area contributed by atoms with Crippen molar-refractivity contribution in [2.24, 2.45) is 12.8 Å². The second-order valence-corrected chi connectivity index (χ2v) is 8.62. The molecule has 1 aliphatic rings. The third kappa shape index (κ3) is 4.00. The van der Waals surface area contributed by atoms with Crippen molar-refractivity contribution in [3.05, 3.63) is 59.3 Å². The van der Waals surface area contributed by atoms with Crippen molar-refractivity contribution in [3.63, 3.8) is 0 Å². The molecule has 30 heavy (non-hydrogen) atoms. The first-order chi connectivity index (χ1) is 14.4. The predicted octanol–water partition coefficient (Wildman–Crippen LogP) is 3.29. The fourth-order valence-electron chi connectivity index (χ4n) is 3.68. The fraction of sp³-hybridized carbons (Fsp3) is 0.318. The first-order valence-corrected chi connectivity index (χ1v) is 10.9. The number of ether oxygens (including phenoxy) is 1. The average molecular weight is 424 g/mol. The highest BCUT2D eigenvalue weighted by Crippen LogP contribution is 2.47. The molecule has 1 aromatic carbocycles. The lowest BCUT2D eigenvalue weighted by atomic mass is 9.98. The van der Waals surface area contributed by atoms with Crippen molar-refractivity contribution >= 4 is 23.5 Å². The van der Waals surface area contributed by atoms with Crippen LogP contribution in [0.4, 0.5) is 5.82 Å². The third-order valence-electron chi connectivity index (χ3n) is 5.05. The summed E-state index contributed by atoms with van der Waals surface area (Å²) in [6.07, 6.45) is 1.79. The van der Waals surface area contributed by atoms with E-state index in [1.54, 1.807) is 6.20 Å². The number of carbonyl (C=O) groups excluding carboxylic acids is 1. The second-order valence-electron chi connectivity index (χ2n) is 7.48. The standard InChI is InChI=1S/C22H25N5O2S/c1-13-10-15(29-11-18(23)28)7-8-16(13)21-19-20(17-6-4-5-9-24-17)26-27(3)22(19)25-14(2)12-30-21/h4-10,14,21,25H,11-12H2,1-3H3,(H2,23,28)/t14-,21+/m1/s1. The predicted molar refractivity (Wildman–Crippen MR) is 120 cm³/mol. The van der Waals surface area contributed by atoms with E-state index in [0.29, 0.717) is 11.8 Å². The van der Waals surface area contributed by atoms with E-state index >= 15 is 0 Å². The van der Waals surface area contributed by atoms with E-state index in [9.17, 15) is 4.79 Å². The van der Waals surface area contributed by atoms with Gasteiger partial charge in [0.25, 0.3) is 5.91 Å². The molecular formula is C22H25N5O2S. The molecule has 0 fully saturated rings. The van der Waals surface area contributed by atoms with Gasteiger partial charge < -0.3 is 15.8 Å². The molecule has 7 nitrogen and oxygen atoms in total. The van der Waals surface area contributed by atoms with Crippen LogP contribution in [0.15, 0.2) is 42.6 Å². The molecule has 1 aliphatic heterocycles. The lowest BCUT2D eigenvalue weighted by Gasteiger charge is -2.19. The van der Waals surface area contributed by atoms with Crippen molar-refractivity contribution in [3.8, 4) is 17.1 Å². The molecule has 0 aliphatic carbocycles. The number of nitrogens with one attached hydrogen (secondary N) is 1. The van der Waals surface area contributed by atoms with Crippen LogP contribution in [0.5, 0.6) is 5.75 Å². The maximum Gasteiger partial charge on any atom is 0.255 e. The summed E-state index contributed by atoms with van der Waals surface area (Å²) in [6.45, 7) is 4.11. The van der Waals surface area contributed by atoms with Gasteiger partial charge in [0.1, 0.15) is 17.3 Å². The number of hydrogen-bond acceptors (Lipinski definition) is 6. The van der Waals surface area contributed by atoms with Crippen molar-refractivity contribution in [2.45, 2.75) is 25.1 Å². The Hall–Kier alpha value is -3.00. The number of aromatic nitrogens is 3. The van der Waals surface area contributed by atoms with Crippen LogP contribution in [-0.2, 0) is 11.8 Å². The normalized spacial score (nSPS) is 18.2. The minimum Gasteiger partial charge on any atom is -0.484 e. The molecule has 0 unspecified atom stereocenters. The summed E-state index contributed by atoms with van der Waals surface area (Å²) in [5.74, 6) is 2.12. The lowest BCUT2D eigenvalue weighted by Crippen LogP contribution is -2.20. The van der Waals surface area contributed by atoms with Gasteiger partial charge in [0, 0.05) is 30.6 Å². The summed E-state index contributed by atoms with van der Waals surface area (Å²) >= 11 is 1.89. The van der Waals surface area contributed by atoms with Crippen LogP contribution in [0.2, 0.25) is 0 Å². The molecule has 1 amide bonds. The number of fused-ring (bicyclic) bond motifs is 1. The van der Waals surface area contributed by atoms with Crippen molar-refractivity contribution in [1.29, 1.82) is 0 Å². The SMILES string of the molecule is Cc1cc(OCC(N)=O)ccc1[C@@H]1SC[C@@H](C)Nc2c1c(-c1ccccn1)nn2C. The third-order valence-corrected chi connectivity index (χ3v) is 6.57. The number of nitrogens with zero attached hydrogens (tertiary/aromatic N) is 3. The second kappa shape index (κ2) is 8.39. The zero-order chi connectivity index (χ0) is 21.3. The van der Waals surface area contributed by atoms with Crippen LogP contribution in [0.1, 0.15) is 28.9 Å². The Morgan fingerprint density at radius 1 is 1.37 bits per heavy atom. The monoisotopic (exact) mass is 423 g/mol.